The Morgan fingerprint density at radius 2 is 1.86 bits per heavy atom. The van der Waals surface area contributed by atoms with Crippen LogP contribution in [0.5, 0.6) is 0 Å². The molecule has 22 heavy (non-hydrogen) atoms. The van der Waals surface area contributed by atoms with E-state index in [9.17, 15) is 4.79 Å². The number of rotatable bonds is 6. The summed E-state index contributed by atoms with van der Waals surface area (Å²) in [6.07, 6.45) is 0.957. The van der Waals surface area contributed by atoms with E-state index in [4.69, 9.17) is 11.6 Å². The zero-order chi connectivity index (χ0) is 15.9. The number of hydrogen-bond acceptors (Lipinski definition) is 2. The number of anilines is 1. The average molecular weight is 317 g/mol. The predicted molar refractivity (Wildman–Crippen MR) is 92.2 cm³/mol. The number of amides is 1. The van der Waals surface area contributed by atoms with Gasteiger partial charge in [-0.25, -0.2) is 0 Å². The van der Waals surface area contributed by atoms with E-state index in [2.05, 4.69) is 18.3 Å². The molecule has 0 saturated heterocycles. The molecule has 116 valence electrons. The van der Waals surface area contributed by atoms with Gasteiger partial charge in [0.25, 0.3) is 0 Å². The summed E-state index contributed by atoms with van der Waals surface area (Å²) in [5.74, 6) is -0.0159. The van der Waals surface area contributed by atoms with E-state index in [-0.39, 0.29) is 5.91 Å². The van der Waals surface area contributed by atoms with Crippen molar-refractivity contribution in [3.63, 3.8) is 0 Å². The summed E-state index contributed by atoms with van der Waals surface area (Å²) in [4.78, 5) is 14.1. The minimum atomic E-state index is -0.0159. The molecule has 3 nitrogen and oxygen atoms in total. The molecule has 1 amide bonds. The topological polar surface area (TPSA) is 32.3 Å². The highest BCUT2D eigenvalue weighted by Crippen LogP contribution is 2.13. The second-order valence-corrected chi connectivity index (χ2v) is 5.84. The van der Waals surface area contributed by atoms with Crippen molar-refractivity contribution >= 4 is 23.2 Å². The molecule has 0 bridgehead atoms. The quantitative estimate of drug-likeness (QED) is 0.874. The predicted octanol–water partition coefficient (Wildman–Crippen LogP) is 3.97. The van der Waals surface area contributed by atoms with E-state index in [1.807, 2.05) is 54.4 Å². The molecule has 0 fully saturated rings. The largest absolute Gasteiger partial charge is 0.325 e. The molecule has 2 aromatic rings. The molecule has 0 aromatic heterocycles. The SMILES string of the molecule is CCc1cccc(NC(=O)CN(C)Cc2cccc(Cl)c2)c1. The molecule has 0 atom stereocenters. The zero-order valence-corrected chi connectivity index (χ0v) is 13.7. The number of halogens is 1. The van der Waals surface area contributed by atoms with E-state index in [1.165, 1.54) is 5.56 Å². The molecule has 0 aliphatic rings. The number of likely N-dealkylation sites (N-methyl/N-ethyl adjacent to an activating group) is 1. The number of nitrogens with zero attached hydrogens (tertiary/aromatic N) is 1. The van der Waals surface area contributed by atoms with E-state index in [1.54, 1.807) is 0 Å². The second kappa shape index (κ2) is 7.97. The van der Waals surface area contributed by atoms with Crippen LogP contribution in [0.15, 0.2) is 48.5 Å². The standard InChI is InChI=1S/C18H21ClN2O/c1-3-14-6-5-9-17(11-14)20-18(22)13-21(2)12-15-7-4-8-16(19)10-15/h4-11H,3,12-13H2,1-2H3,(H,20,22). The first kappa shape index (κ1) is 16.5. The average Bonchev–Trinajstić information content (AvgIpc) is 2.47. The highest BCUT2D eigenvalue weighted by atomic mass is 35.5. The molecule has 0 saturated carbocycles. The minimum absolute atomic E-state index is 0.0159. The van der Waals surface area contributed by atoms with Gasteiger partial charge in [0.05, 0.1) is 6.54 Å². The van der Waals surface area contributed by atoms with Crippen molar-refractivity contribution in [2.45, 2.75) is 19.9 Å². The van der Waals surface area contributed by atoms with Gasteiger partial charge in [-0.05, 0) is 48.9 Å². The third-order valence-electron chi connectivity index (χ3n) is 3.37. The number of hydrogen-bond donors (Lipinski definition) is 1. The number of aryl methyl sites for hydroxylation is 1. The zero-order valence-electron chi connectivity index (χ0n) is 13.0. The van der Waals surface area contributed by atoms with Gasteiger partial charge >= 0.3 is 0 Å². The molecule has 0 spiro atoms. The molecule has 0 radical (unpaired) electrons. The Morgan fingerprint density at radius 1 is 1.14 bits per heavy atom. The van der Waals surface area contributed by atoms with E-state index in [0.717, 1.165) is 17.7 Å². The van der Waals surface area contributed by atoms with Gasteiger partial charge in [0, 0.05) is 17.3 Å². The lowest BCUT2D eigenvalue weighted by Crippen LogP contribution is -2.29. The Bertz CT molecular complexity index is 642. The maximum atomic E-state index is 12.1. The van der Waals surface area contributed by atoms with Gasteiger partial charge in [-0.15, -0.1) is 0 Å². The summed E-state index contributed by atoms with van der Waals surface area (Å²) < 4.78 is 0. The fourth-order valence-corrected chi connectivity index (χ4v) is 2.53. The van der Waals surface area contributed by atoms with Crippen molar-refractivity contribution < 1.29 is 4.79 Å². The fraction of sp³-hybridized carbons (Fsp3) is 0.278. The van der Waals surface area contributed by atoms with Gasteiger partial charge in [0.2, 0.25) is 5.91 Å². The Labute approximate surface area is 136 Å². The van der Waals surface area contributed by atoms with Crippen LogP contribution in [-0.4, -0.2) is 24.4 Å². The lowest BCUT2D eigenvalue weighted by Gasteiger charge is -2.16. The highest BCUT2D eigenvalue weighted by molar-refractivity contribution is 6.30. The molecule has 0 unspecified atom stereocenters. The van der Waals surface area contributed by atoms with Crippen LogP contribution in [0, 0.1) is 0 Å². The van der Waals surface area contributed by atoms with Crippen LogP contribution in [-0.2, 0) is 17.8 Å². The lowest BCUT2D eigenvalue weighted by molar-refractivity contribution is -0.117. The van der Waals surface area contributed by atoms with Crippen LogP contribution in [0.4, 0.5) is 5.69 Å². The molecule has 2 aromatic carbocycles. The van der Waals surface area contributed by atoms with Crippen LogP contribution >= 0.6 is 11.6 Å². The molecule has 0 aliphatic heterocycles. The van der Waals surface area contributed by atoms with Gasteiger partial charge < -0.3 is 5.32 Å². The molecule has 1 N–H and O–H groups in total. The third-order valence-corrected chi connectivity index (χ3v) is 3.61. The van der Waals surface area contributed by atoms with Gasteiger partial charge in [0.15, 0.2) is 0 Å². The van der Waals surface area contributed by atoms with E-state index in [0.29, 0.717) is 18.1 Å². The van der Waals surface area contributed by atoms with Crippen molar-refractivity contribution in [1.29, 1.82) is 0 Å². The summed E-state index contributed by atoms with van der Waals surface area (Å²) in [6.45, 7) is 3.12. The lowest BCUT2D eigenvalue weighted by atomic mass is 10.1. The summed E-state index contributed by atoms with van der Waals surface area (Å²) in [5.41, 5.74) is 3.15. The Hall–Kier alpha value is -1.84. The first-order valence-corrected chi connectivity index (χ1v) is 7.76. The van der Waals surface area contributed by atoms with Crippen LogP contribution in [0.1, 0.15) is 18.1 Å². The maximum Gasteiger partial charge on any atom is 0.238 e. The van der Waals surface area contributed by atoms with Crippen molar-refractivity contribution in [3.05, 3.63) is 64.7 Å². The normalized spacial score (nSPS) is 10.7. The second-order valence-electron chi connectivity index (χ2n) is 5.40. The van der Waals surface area contributed by atoms with Crippen LogP contribution < -0.4 is 5.32 Å². The molecule has 0 aliphatic carbocycles. The third kappa shape index (κ3) is 5.17. The number of carbonyl (C=O) groups is 1. The number of carbonyl (C=O) groups excluding carboxylic acids is 1. The van der Waals surface area contributed by atoms with Gasteiger partial charge in [-0.2, -0.15) is 0 Å². The molecular weight excluding hydrogens is 296 g/mol. The summed E-state index contributed by atoms with van der Waals surface area (Å²) in [6, 6.07) is 15.6. The molecule has 4 heteroatoms. The Kier molecular flexibility index (Phi) is 5.99. The van der Waals surface area contributed by atoms with Gasteiger partial charge in [0.1, 0.15) is 0 Å². The summed E-state index contributed by atoms with van der Waals surface area (Å²) in [5, 5.41) is 3.65. The molecule has 0 heterocycles. The first-order chi connectivity index (χ1) is 10.6. The van der Waals surface area contributed by atoms with Crippen molar-refractivity contribution in [1.82, 2.24) is 4.90 Å². The highest BCUT2D eigenvalue weighted by Gasteiger charge is 2.08. The van der Waals surface area contributed by atoms with E-state index >= 15 is 0 Å². The maximum absolute atomic E-state index is 12.1. The number of benzene rings is 2. The van der Waals surface area contributed by atoms with Crippen LogP contribution in [0.2, 0.25) is 5.02 Å². The van der Waals surface area contributed by atoms with Crippen LogP contribution in [0.25, 0.3) is 0 Å². The fourth-order valence-electron chi connectivity index (χ4n) is 2.32. The Morgan fingerprint density at radius 3 is 2.59 bits per heavy atom. The molecule has 2 rings (SSSR count). The van der Waals surface area contributed by atoms with Crippen molar-refractivity contribution in [3.8, 4) is 0 Å². The first-order valence-electron chi connectivity index (χ1n) is 7.38. The van der Waals surface area contributed by atoms with Crippen molar-refractivity contribution in [2.75, 3.05) is 18.9 Å². The van der Waals surface area contributed by atoms with Crippen LogP contribution in [0.3, 0.4) is 0 Å². The number of nitrogens with one attached hydrogen (secondary N) is 1. The summed E-state index contributed by atoms with van der Waals surface area (Å²) >= 11 is 5.97. The van der Waals surface area contributed by atoms with Crippen molar-refractivity contribution in [2.24, 2.45) is 0 Å². The monoisotopic (exact) mass is 316 g/mol. The van der Waals surface area contributed by atoms with E-state index < -0.39 is 0 Å². The summed E-state index contributed by atoms with van der Waals surface area (Å²) in [7, 11) is 1.92. The van der Waals surface area contributed by atoms with Gasteiger partial charge in [-0.1, -0.05) is 42.8 Å². The van der Waals surface area contributed by atoms with Gasteiger partial charge in [-0.3, -0.25) is 9.69 Å². The smallest absolute Gasteiger partial charge is 0.238 e. The molecular formula is C18H21ClN2O. The minimum Gasteiger partial charge on any atom is -0.325 e. The Balaban J connectivity index is 1.88.